The third-order valence-corrected chi connectivity index (χ3v) is 4.44. The van der Waals surface area contributed by atoms with Crippen LogP contribution in [0.4, 0.5) is 4.39 Å². The molecule has 0 aliphatic carbocycles. The van der Waals surface area contributed by atoms with E-state index >= 15 is 0 Å². The molecular formula is C23H27FN2O4. The highest BCUT2D eigenvalue weighted by atomic mass is 19.1. The van der Waals surface area contributed by atoms with Gasteiger partial charge in [-0.1, -0.05) is 56.3 Å². The van der Waals surface area contributed by atoms with E-state index in [1.807, 2.05) is 30.3 Å². The van der Waals surface area contributed by atoms with Crippen molar-refractivity contribution in [2.24, 2.45) is 5.92 Å². The number of halogens is 1. The fourth-order valence-corrected chi connectivity index (χ4v) is 2.78. The molecule has 0 fully saturated rings. The molecule has 0 aliphatic heterocycles. The summed E-state index contributed by atoms with van der Waals surface area (Å²) in [5.74, 6) is -1.90. The lowest BCUT2D eigenvalue weighted by atomic mass is 10.0. The second-order valence-corrected chi connectivity index (χ2v) is 7.29. The van der Waals surface area contributed by atoms with Crippen molar-refractivity contribution in [1.29, 1.82) is 0 Å². The summed E-state index contributed by atoms with van der Waals surface area (Å²) in [7, 11) is 0. The van der Waals surface area contributed by atoms with Gasteiger partial charge >= 0.3 is 5.97 Å². The lowest BCUT2D eigenvalue weighted by Gasteiger charge is -2.20. The molecule has 2 amide bonds. The highest BCUT2D eigenvalue weighted by Crippen LogP contribution is 2.06. The minimum atomic E-state index is -0.840. The van der Waals surface area contributed by atoms with E-state index in [-0.39, 0.29) is 24.1 Å². The van der Waals surface area contributed by atoms with Gasteiger partial charge in [0.15, 0.2) is 6.61 Å². The van der Waals surface area contributed by atoms with E-state index in [0.29, 0.717) is 13.0 Å². The van der Waals surface area contributed by atoms with Crippen LogP contribution in [0.3, 0.4) is 0 Å². The fourth-order valence-electron chi connectivity index (χ4n) is 2.78. The van der Waals surface area contributed by atoms with Crippen molar-refractivity contribution < 1.29 is 23.5 Å². The van der Waals surface area contributed by atoms with Crippen molar-refractivity contribution in [2.75, 3.05) is 13.2 Å². The number of rotatable bonds is 10. The number of nitrogens with one attached hydrogen (secondary N) is 2. The SMILES string of the molecule is CC(C)[C@H](NC(=O)Cc1ccccc1)C(=O)OCC(=O)NCCc1ccc(F)cc1. The van der Waals surface area contributed by atoms with Gasteiger partial charge in [0.25, 0.3) is 5.91 Å². The third kappa shape index (κ3) is 8.03. The van der Waals surface area contributed by atoms with Gasteiger partial charge in [-0.3, -0.25) is 9.59 Å². The number of ether oxygens (including phenoxy) is 1. The lowest BCUT2D eigenvalue weighted by molar-refractivity contribution is -0.152. The van der Waals surface area contributed by atoms with E-state index in [4.69, 9.17) is 4.74 Å². The molecule has 0 radical (unpaired) electrons. The monoisotopic (exact) mass is 414 g/mol. The number of amides is 2. The number of carbonyl (C=O) groups is 3. The van der Waals surface area contributed by atoms with Gasteiger partial charge < -0.3 is 15.4 Å². The number of hydrogen-bond acceptors (Lipinski definition) is 4. The summed E-state index contributed by atoms with van der Waals surface area (Å²) >= 11 is 0. The van der Waals surface area contributed by atoms with Crippen LogP contribution in [0.25, 0.3) is 0 Å². The van der Waals surface area contributed by atoms with E-state index in [1.165, 1.54) is 12.1 Å². The normalized spacial score (nSPS) is 11.6. The molecule has 160 valence electrons. The standard InChI is InChI=1S/C23H27FN2O4/c1-16(2)22(26-20(27)14-18-6-4-3-5-7-18)23(29)30-15-21(28)25-13-12-17-8-10-19(24)11-9-17/h3-11,16,22H,12-15H2,1-2H3,(H,25,28)(H,26,27)/t22-/m0/s1. The van der Waals surface area contributed by atoms with Crippen molar-refractivity contribution in [3.8, 4) is 0 Å². The van der Waals surface area contributed by atoms with E-state index < -0.39 is 24.5 Å². The number of benzene rings is 2. The summed E-state index contributed by atoms with van der Waals surface area (Å²) in [4.78, 5) is 36.5. The number of carbonyl (C=O) groups excluding carboxylic acids is 3. The Morgan fingerprint density at radius 1 is 0.933 bits per heavy atom. The molecule has 30 heavy (non-hydrogen) atoms. The molecule has 7 heteroatoms. The number of esters is 1. The highest BCUT2D eigenvalue weighted by Gasteiger charge is 2.26. The first-order chi connectivity index (χ1) is 14.3. The molecule has 2 aromatic rings. The van der Waals surface area contributed by atoms with Crippen molar-refractivity contribution in [3.05, 3.63) is 71.5 Å². The van der Waals surface area contributed by atoms with Crippen molar-refractivity contribution >= 4 is 17.8 Å². The zero-order valence-electron chi connectivity index (χ0n) is 17.2. The predicted molar refractivity (Wildman–Crippen MR) is 111 cm³/mol. The molecule has 0 saturated carbocycles. The molecule has 2 aromatic carbocycles. The molecule has 0 aliphatic rings. The van der Waals surface area contributed by atoms with Crippen LogP contribution < -0.4 is 10.6 Å². The van der Waals surface area contributed by atoms with Crippen molar-refractivity contribution in [3.63, 3.8) is 0 Å². The topological polar surface area (TPSA) is 84.5 Å². The Morgan fingerprint density at radius 3 is 2.23 bits per heavy atom. The summed E-state index contributed by atoms with van der Waals surface area (Å²) in [6.45, 7) is 3.48. The number of hydrogen-bond donors (Lipinski definition) is 2. The Morgan fingerprint density at radius 2 is 1.60 bits per heavy atom. The second kappa shape index (κ2) is 11.7. The van der Waals surface area contributed by atoms with Gasteiger partial charge in [-0.25, -0.2) is 9.18 Å². The molecule has 6 nitrogen and oxygen atoms in total. The summed E-state index contributed by atoms with van der Waals surface area (Å²) in [6, 6.07) is 14.4. The maximum Gasteiger partial charge on any atom is 0.329 e. The van der Waals surface area contributed by atoms with Crippen LogP contribution in [0.15, 0.2) is 54.6 Å². The molecule has 0 heterocycles. The van der Waals surface area contributed by atoms with Gasteiger partial charge in [-0.15, -0.1) is 0 Å². The Hall–Kier alpha value is -3.22. The zero-order chi connectivity index (χ0) is 21.9. The molecular weight excluding hydrogens is 387 g/mol. The van der Waals surface area contributed by atoms with E-state index in [0.717, 1.165) is 11.1 Å². The minimum absolute atomic E-state index is 0.154. The van der Waals surface area contributed by atoms with Crippen LogP contribution in [-0.2, 0) is 32.0 Å². The molecule has 0 bridgehead atoms. The van der Waals surface area contributed by atoms with E-state index in [9.17, 15) is 18.8 Å². The minimum Gasteiger partial charge on any atom is -0.454 e. The van der Waals surface area contributed by atoms with Crippen LogP contribution in [0, 0.1) is 11.7 Å². The van der Waals surface area contributed by atoms with Crippen LogP contribution in [-0.4, -0.2) is 37.0 Å². The maximum atomic E-state index is 12.9. The Bertz CT molecular complexity index is 838. The summed E-state index contributed by atoms with van der Waals surface area (Å²) in [5.41, 5.74) is 1.72. The first-order valence-electron chi connectivity index (χ1n) is 9.86. The molecule has 0 spiro atoms. The zero-order valence-corrected chi connectivity index (χ0v) is 17.2. The molecule has 1 atom stereocenters. The Balaban J connectivity index is 1.74. The lowest BCUT2D eigenvalue weighted by Crippen LogP contribution is -2.46. The molecule has 0 unspecified atom stereocenters. The first kappa shape index (κ1) is 23.1. The van der Waals surface area contributed by atoms with Gasteiger partial charge in [0.05, 0.1) is 6.42 Å². The van der Waals surface area contributed by atoms with Crippen LogP contribution in [0.2, 0.25) is 0 Å². The highest BCUT2D eigenvalue weighted by molar-refractivity contribution is 5.87. The van der Waals surface area contributed by atoms with Gasteiger partial charge in [-0.2, -0.15) is 0 Å². The second-order valence-electron chi connectivity index (χ2n) is 7.29. The fraction of sp³-hybridized carbons (Fsp3) is 0.348. The van der Waals surface area contributed by atoms with Crippen molar-refractivity contribution in [1.82, 2.24) is 10.6 Å². The van der Waals surface area contributed by atoms with Crippen LogP contribution in [0.5, 0.6) is 0 Å². The van der Waals surface area contributed by atoms with Gasteiger partial charge in [0, 0.05) is 6.54 Å². The average Bonchev–Trinajstić information content (AvgIpc) is 2.72. The third-order valence-electron chi connectivity index (χ3n) is 4.44. The maximum absolute atomic E-state index is 12.9. The first-order valence-corrected chi connectivity index (χ1v) is 9.86. The summed E-state index contributed by atoms with van der Waals surface area (Å²) < 4.78 is 18.0. The molecule has 0 aromatic heterocycles. The van der Waals surface area contributed by atoms with Gasteiger partial charge in [0.2, 0.25) is 5.91 Å². The van der Waals surface area contributed by atoms with E-state index in [1.54, 1.807) is 26.0 Å². The van der Waals surface area contributed by atoms with Gasteiger partial charge in [0.1, 0.15) is 11.9 Å². The van der Waals surface area contributed by atoms with Crippen LogP contribution >= 0.6 is 0 Å². The summed E-state index contributed by atoms with van der Waals surface area (Å²) in [6.07, 6.45) is 0.686. The largest absolute Gasteiger partial charge is 0.454 e. The Kier molecular flexibility index (Phi) is 9.00. The average molecular weight is 414 g/mol. The molecule has 2 N–H and O–H groups in total. The smallest absolute Gasteiger partial charge is 0.329 e. The Labute approximate surface area is 175 Å². The van der Waals surface area contributed by atoms with Crippen LogP contribution in [0.1, 0.15) is 25.0 Å². The molecule has 0 saturated heterocycles. The van der Waals surface area contributed by atoms with Gasteiger partial charge in [-0.05, 0) is 35.6 Å². The van der Waals surface area contributed by atoms with Crippen molar-refractivity contribution in [2.45, 2.75) is 32.7 Å². The van der Waals surface area contributed by atoms with E-state index in [2.05, 4.69) is 10.6 Å². The quantitative estimate of drug-likeness (QED) is 0.585. The predicted octanol–water partition coefficient (Wildman–Crippen LogP) is 2.41. The summed E-state index contributed by atoms with van der Waals surface area (Å²) in [5, 5.41) is 5.33. The molecule has 2 rings (SSSR count).